The maximum atomic E-state index is 6.25. The number of aryl methyl sites for hydroxylation is 1. The lowest BCUT2D eigenvalue weighted by molar-refractivity contribution is 0.556. The van der Waals surface area contributed by atoms with Crippen LogP contribution < -0.4 is 0 Å². The summed E-state index contributed by atoms with van der Waals surface area (Å²) < 4.78 is 8.30. The van der Waals surface area contributed by atoms with Gasteiger partial charge in [0.1, 0.15) is 5.52 Å². The largest absolute Gasteiger partial charge is 0.436 e. The summed E-state index contributed by atoms with van der Waals surface area (Å²) >= 11 is 0. The van der Waals surface area contributed by atoms with Crippen molar-refractivity contribution < 1.29 is 4.42 Å². The van der Waals surface area contributed by atoms with Gasteiger partial charge in [0.05, 0.1) is 17.1 Å². The predicted molar refractivity (Wildman–Crippen MR) is 230 cm³/mol. The Balaban J connectivity index is 1.16. The van der Waals surface area contributed by atoms with Crippen LogP contribution in [-0.2, 0) is 17.3 Å². The molecule has 54 heavy (non-hydrogen) atoms. The summed E-state index contributed by atoms with van der Waals surface area (Å²) in [7, 11) is 0. The van der Waals surface area contributed by atoms with Crippen LogP contribution in [0.15, 0.2) is 101 Å². The molecule has 0 spiro atoms. The first-order chi connectivity index (χ1) is 26.0. The van der Waals surface area contributed by atoms with Gasteiger partial charge in [-0.05, 0) is 94.5 Å². The number of benzene rings is 4. The van der Waals surface area contributed by atoms with Crippen LogP contribution in [0.5, 0.6) is 0 Å². The number of rotatable bonds is 16. The summed E-state index contributed by atoms with van der Waals surface area (Å²) in [5.41, 5.74) is 12.1. The highest BCUT2D eigenvalue weighted by atomic mass is 16.3. The van der Waals surface area contributed by atoms with Gasteiger partial charge in [-0.3, -0.25) is 0 Å². The Labute approximate surface area is 324 Å². The Morgan fingerprint density at radius 1 is 0.593 bits per heavy atom. The van der Waals surface area contributed by atoms with Gasteiger partial charge in [0, 0.05) is 11.1 Å². The number of hydrogen-bond donors (Lipinski definition) is 0. The Hall–Kier alpha value is -4.70. The van der Waals surface area contributed by atoms with Gasteiger partial charge < -0.3 is 4.42 Å². The zero-order valence-electron chi connectivity index (χ0n) is 33.9. The van der Waals surface area contributed by atoms with Crippen LogP contribution in [0.3, 0.4) is 0 Å². The first-order valence-corrected chi connectivity index (χ1v) is 20.5. The highest BCUT2D eigenvalue weighted by Crippen LogP contribution is 2.31. The summed E-state index contributed by atoms with van der Waals surface area (Å²) in [5, 5.41) is 5.10. The van der Waals surface area contributed by atoms with Crippen molar-refractivity contribution in [3.05, 3.63) is 125 Å². The van der Waals surface area contributed by atoms with Crippen LogP contribution in [0.4, 0.5) is 0 Å². The lowest BCUT2D eigenvalue weighted by Crippen LogP contribution is -2.10. The molecule has 0 aliphatic carbocycles. The zero-order valence-corrected chi connectivity index (χ0v) is 33.9. The fraction of sp³-hybridized carbons (Fsp3) is 0.400. The van der Waals surface area contributed by atoms with Crippen molar-refractivity contribution in [3.63, 3.8) is 0 Å². The lowest BCUT2D eigenvalue weighted by Gasteiger charge is -2.19. The number of hydrogen-bond acceptors (Lipinski definition) is 3. The van der Waals surface area contributed by atoms with Crippen LogP contribution in [0.25, 0.3) is 51.7 Å². The van der Waals surface area contributed by atoms with Crippen molar-refractivity contribution in [1.82, 2.24) is 14.8 Å². The van der Waals surface area contributed by atoms with Crippen LogP contribution in [0, 0.1) is 0 Å². The van der Waals surface area contributed by atoms with Crippen molar-refractivity contribution in [2.45, 2.75) is 130 Å². The molecule has 6 rings (SSSR count). The molecule has 0 amide bonds. The van der Waals surface area contributed by atoms with E-state index in [4.69, 9.17) is 14.5 Å². The van der Waals surface area contributed by atoms with Gasteiger partial charge in [0.25, 0.3) is 0 Å². The fourth-order valence-corrected chi connectivity index (χ4v) is 7.11. The van der Waals surface area contributed by atoms with Gasteiger partial charge in [0.2, 0.25) is 5.89 Å². The minimum atomic E-state index is 0.0873. The van der Waals surface area contributed by atoms with Gasteiger partial charge in [-0.1, -0.05) is 167 Å². The van der Waals surface area contributed by atoms with Gasteiger partial charge in [-0.25, -0.2) is 9.67 Å². The molecule has 0 atom stereocenters. The van der Waals surface area contributed by atoms with Crippen LogP contribution in [0.1, 0.15) is 141 Å². The molecule has 282 valence electrons. The van der Waals surface area contributed by atoms with E-state index >= 15 is 0 Å². The van der Waals surface area contributed by atoms with E-state index in [1.807, 2.05) is 4.68 Å². The number of aromatic nitrogens is 3. The van der Waals surface area contributed by atoms with Crippen LogP contribution >= 0.6 is 0 Å². The molecule has 0 aliphatic heterocycles. The molecule has 0 saturated heterocycles. The second kappa shape index (κ2) is 17.6. The summed E-state index contributed by atoms with van der Waals surface area (Å²) in [5.74, 6) is 0.646. The highest BCUT2D eigenvalue weighted by Gasteiger charge is 2.17. The lowest BCUT2D eigenvalue weighted by atomic mass is 9.86. The number of fused-ring (bicyclic) bond motifs is 1. The molecular formula is C50H61N3O. The molecule has 4 heteroatoms. The van der Waals surface area contributed by atoms with E-state index in [9.17, 15) is 0 Å². The molecule has 2 heterocycles. The number of oxazole rings is 1. The molecule has 0 fully saturated rings. The van der Waals surface area contributed by atoms with E-state index < -0.39 is 0 Å². The quantitative estimate of drug-likeness (QED) is 0.0936. The van der Waals surface area contributed by atoms with E-state index in [2.05, 4.69) is 158 Å². The third kappa shape index (κ3) is 10.3. The zero-order chi connectivity index (χ0) is 38.1. The maximum Gasteiger partial charge on any atom is 0.227 e. The SMILES string of the molecule is CCCCCCCCCCCCc1ccc2oc(-c3ccc(-n4nc(C=Cc5ccc(C(C)(C)C)cc5)cc4-c4ccc(C(C)(C)C)cc4)cc3)nc2c1. The fourth-order valence-electron chi connectivity index (χ4n) is 7.11. The predicted octanol–water partition coefficient (Wildman–Crippen LogP) is 14.6. The molecular weight excluding hydrogens is 659 g/mol. The van der Waals surface area contributed by atoms with E-state index in [0.717, 1.165) is 51.3 Å². The van der Waals surface area contributed by atoms with E-state index in [0.29, 0.717) is 5.89 Å². The Bertz CT molecular complexity index is 2100. The minimum absolute atomic E-state index is 0.0873. The molecule has 0 bridgehead atoms. The van der Waals surface area contributed by atoms with Crippen molar-refractivity contribution >= 4 is 23.3 Å². The average molecular weight is 720 g/mol. The Morgan fingerprint density at radius 3 is 1.78 bits per heavy atom. The molecule has 0 radical (unpaired) electrons. The third-order valence-corrected chi connectivity index (χ3v) is 10.6. The molecule has 0 N–H and O–H groups in total. The second-order valence-electron chi connectivity index (χ2n) is 17.2. The molecule has 2 aromatic heterocycles. The standard InChI is InChI=1S/C50H61N3O/c1-8-9-10-11-12-13-14-15-16-17-18-38-22-34-47-45(35-38)51-48(54-47)40-25-32-44(33-26-40)53-46(39-23-29-42(30-24-39)50(5,6)7)36-43(52-53)31-21-37-19-27-41(28-20-37)49(2,3)4/h19-36H,8-18H2,1-7H3. The van der Waals surface area contributed by atoms with E-state index in [1.54, 1.807) is 0 Å². The molecule has 0 aliphatic rings. The summed E-state index contributed by atoms with van der Waals surface area (Å²) in [6.45, 7) is 15.8. The van der Waals surface area contributed by atoms with E-state index in [1.165, 1.54) is 80.9 Å². The summed E-state index contributed by atoms with van der Waals surface area (Å²) in [4.78, 5) is 4.92. The number of unbranched alkanes of at least 4 members (excludes halogenated alkanes) is 9. The van der Waals surface area contributed by atoms with Gasteiger partial charge in [-0.15, -0.1) is 0 Å². The monoisotopic (exact) mass is 719 g/mol. The third-order valence-electron chi connectivity index (χ3n) is 10.6. The van der Waals surface area contributed by atoms with Crippen LogP contribution in [-0.4, -0.2) is 14.8 Å². The van der Waals surface area contributed by atoms with Crippen molar-refractivity contribution in [1.29, 1.82) is 0 Å². The Kier molecular flexibility index (Phi) is 12.7. The van der Waals surface area contributed by atoms with E-state index in [-0.39, 0.29) is 10.8 Å². The summed E-state index contributed by atoms with van der Waals surface area (Å²) in [6.07, 6.45) is 18.9. The Morgan fingerprint density at radius 2 is 1.17 bits per heavy atom. The maximum absolute atomic E-state index is 6.25. The molecule has 6 aromatic rings. The van der Waals surface area contributed by atoms with Gasteiger partial charge in [-0.2, -0.15) is 5.10 Å². The molecule has 0 unspecified atom stereocenters. The molecule has 4 nitrogen and oxygen atoms in total. The number of nitrogens with zero attached hydrogens (tertiary/aromatic N) is 3. The van der Waals surface area contributed by atoms with Gasteiger partial charge in [0.15, 0.2) is 5.58 Å². The smallest absolute Gasteiger partial charge is 0.227 e. The van der Waals surface area contributed by atoms with Crippen molar-refractivity contribution in [2.75, 3.05) is 0 Å². The molecule has 0 saturated carbocycles. The minimum Gasteiger partial charge on any atom is -0.436 e. The van der Waals surface area contributed by atoms with Crippen molar-refractivity contribution in [2.24, 2.45) is 0 Å². The van der Waals surface area contributed by atoms with Crippen LogP contribution in [0.2, 0.25) is 0 Å². The average Bonchev–Trinajstić information content (AvgIpc) is 3.79. The second-order valence-corrected chi connectivity index (χ2v) is 17.2. The first-order valence-electron chi connectivity index (χ1n) is 20.5. The molecule has 4 aromatic carbocycles. The van der Waals surface area contributed by atoms with Crippen molar-refractivity contribution in [3.8, 4) is 28.4 Å². The van der Waals surface area contributed by atoms with Gasteiger partial charge >= 0.3 is 0 Å². The highest BCUT2D eigenvalue weighted by molar-refractivity contribution is 5.77. The topological polar surface area (TPSA) is 43.9 Å². The first kappa shape index (κ1) is 39.0. The summed E-state index contributed by atoms with van der Waals surface area (Å²) in [6, 6.07) is 34.8. The normalized spacial score (nSPS) is 12.4.